The predicted octanol–water partition coefficient (Wildman–Crippen LogP) is 3.28. The van der Waals surface area contributed by atoms with Crippen molar-refractivity contribution >= 4 is 5.69 Å². The predicted molar refractivity (Wildman–Crippen MR) is 78.9 cm³/mol. The van der Waals surface area contributed by atoms with Crippen molar-refractivity contribution in [2.24, 2.45) is 5.92 Å². The molecule has 0 bridgehead atoms. The molecule has 2 rings (SSSR count). The third-order valence-corrected chi connectivity index (χ3v) is 4.21. The van der Waals surface area contributed by atoms with Gasteiger partial charge in [-0.15, -0.1) is 0 Å². The van der Waals surface area contributed by atoms with Gasteiger partial charge in [0.25, 0.3) is 0 Å². The molecule has 3 nitrogen and oxygen atoms in total. The number of aliphatic hydroxyl groups excluding tert-OH is 1. The van der Waals surface area contributed by atoms with Gasteiger partial charge in [0.2, 0.25) is 0 Å². The molecule has 0 radical (unpaired) electrons. The lowest BCUT2D eigenvalue weighted by molar-refractivity contribution is 0.111. The number of hydrogen-bond acceptors (Lipinski definition) is 3. The van der Waals surface area contributed by atoms with E-state index in [1.807, 2.05) is 0 Å². The molecule has 0 saturated heterocycles. The van der Waals surface area contributed by atoms with E-state index in [1.54, 1.807) is 7.11 Å². The van der Waals surface area contributed by atoms with Crippen molar-refractivity contribution in [1.82, 2.24) is 0 Å². The van der Waals surface area contributed by atoms with Crippen LogP contribution in [-0.4, -0.2) is 24.9 Å². The Kier molecular flexibility index (Phi) is 4.70. The van der Waals surface area contributed by atoms with Gasteiger partial charge in [0.15, 0.2) is 0 Å². The van der Waals surface area contributed by atoms with Crippen LogP contribution in [0, 0.1) is 19.8 Å². The molecule has 0 spiro atoms. The Hall–Kier alpha value is -1.22. The maximum absolute atomic E-state index is 9.52. The number of hydrogen-bond donors (Lipinski definition) is 2. The Morgan fingerprint density at radius 3 is 2.42 bits per heavy atom. The van der Waals surface area contributed by atoms with E-state index in [1.165, 1.54) is 11.1 Å². The minimum absolute atomic E-state index is 0.0765. The Morgan fingerprint density at radius 2 is 1.79 bits per heavy atom. The van der Waals surface area contributed by atoms with Crippen LogP contribution >= 0.6 is 0 Å². The molecule has 0 aliphatic heterocycles. The van der Waals surface area contributed by atoms with Gasteiger partial charge in [0, 0.05) is 6.54 Å². The lowest BCUT2D eigenvalue weighted by Gasteiger charge is -2.26. The van der Waals surface area contributed by atoms with Crippen molar-refractivity contribution in [2.45, 2.75) is 45.6 Å². The highest BCUT2D eigenvalue weighted by Gasteiger charge is 2.19. The zero-order valence-electron chi connectivity index (χ0n) is 12.2. The lowest BCUT2D eigenvalue weighted by Crippen LogP contribution is -2.23. The first-order valence-corrected chi connectivity index (χ1v) is 7.17. The molecule has 0 aromatic heterocycles. The van der Waals surface area contributed by atoms with Gasteiger partial charge in [-0.3, -0.25) is 0 Å². The molecule has 0 atom stereocenters. The molecule has 106 valence electrons. The van der Waals surface area contributed by atoms with Gasteiger partial charge < -0.3 is 15.2 Å². The third kappa shape index (κ3) is 3.63. The standard InChI is InChI=1S/C16H25NO2/c1-11-8-15(16(19-3)9-12(11)2)17-10-13-4-6-14(18)7-5-13/h8-9,13-14,17-18H,4-7,10H2,1-3H3. The Labute approximate surface area is 116 Å². The molecule has 3 heteroatoms. The van der Waals surface area contributed by atoms with Crippen LogP contribution in [0.3, 0.4) is 0 Å². The molecule has 2 N–H and O–H groups in total. The fourth-order valence-corrected chi connectivity index (χ4v) is 2.70. The molecule has 0 unspecified atom stereocenters. The number of ether oxygens (including phenoxy) is 1. The summed E-state index contributed by atoms with van der Waals surface area (Å²) < 4.78 is 5.44. The van der Waals surface area contributed by atoms with E-state index >= 15 is 0 Å². The van der Waals surface area contributed by atoms with Crippen LogP contribution < -0.4 is 10.1 Å². The van der Waals surface area contributed by atoms with Crippen LogP contribution in [0.2, 0.25) is 0 Å². The second-order valence-corrected chi connectivity index (χ2v) is 5.69. The van der Waals surface area contributed by atoms with Gasteiger partial charge in [-0.25, -0.2) is 0 Å². The smallest absolute Gasteiger partial charge is 0.142 e. The number of rotatable bonds is 4. The van der Waals surface area contributed by atoms with Crippen molar-refractivity contribution in [3.05, 3.63) is 23.3 Å². The van der Waals surface area contributed by atoms with Crippen LogP contribution in [0.15, 0.2) is 12.1 Å². The van der Waals surface area contributed by atoms with Crippen LogP contribution in [0.5, 0.6) is 5.75 Å². The lowest BCUT2D eigenvalue weighted by atomic mass is 9.87. The van der Waals surface area contributed by atoms with Gasteiger partial charge in [-0.1, -0.05) is 0 Å². The average molecular weight is 263 g/mol. The molecular weight excluding hydrogens is 238 g/mol. The Balaban J connectivity index is 1.97. The zero-order valence-corrected chi connectivity index (χ0v) is 12.2. The molecule has 0 amide bonds. The molecule has 0 heterocycles. The molecule has 1 aromatic rings. The summed E-state index contributed by atoms with van der Waals surface area (Å²) in [7, 11) is 1.71. The number of nitrogens with one attached hydrogen (secondary N) is 1. The second-order valence-electron chi connectivity index (χ2n) is 5.69. The quantitative estimate of drug-likeness (QED) is 0.876. The molecule has 19 heavy (non-hydrogen) atoms. The largest absolute Gasteiger partial charge is 0.495 e. The fraction of sp³-hybridized carbons (Fsp3) is 0.625. The van der Waals surface area contributed by atoms with Crippen molar-refractivity contribution in [2.75, 3.05) is 19.0 Å². The zero-order chi connectivity index (χ0) is 13.8. The number of aryl methyl sites for hydroxylation is 2. The maximum atomic E-state index is 9.52. The third-order valence-electron chi connectivity index (χ3n) is 4.21. The van der Waals surface area contributed by atoms with Crippen molar-refractivity contribution in [3.8, 4) is 5.75 Å². The number of aliphatic hydroxyl groups is 1. The molecular formula is C16H25NO2. The Bertz CT molecular complexity index is 423. The summed E-state index contributed by atoms with van der Waals surface area (Å²) in [6.45, 7) is 5.19. The van der Waals surface area contributed by atoms with E-state index in [0.717, 1.165) is 43.7 Å². The summed E-state index contributed by atoms with van der Waals surface area (Å²) in [4.78, 5) is 0. The fourth-order valence-electron chi connectivity index (χ4n) is 2.70. The Morgan fingerprint density at radius 1 is 1.16 bits per heavy atom. The van der Waals surface area contributed by atoms with Crippen LogP contribution in [0.4, 0.5) is 5.69 Å². The highest BCUT2D eigenvalue weighted by Crippen LogP contribution is 2.30. The molecule has 1 fully saturated rings. The van der Waals surface area contributed by atoms with Crippen LogP contribution in [0.1, 0.15) is 36.8 Å². The van der Waals surface area contributed by atoms with Crippen molar-refractivity contribution < 1.29 is 9.84 Å². The van der Waals surface area contributed by atoms with E-state index in [4.69, 9.17) is 4.74 Å². The second kappa shape index (κ2) is 6.29. The van der Waals surface area contributed by atoms with Crippen LogP contribution in [-0.2, 0) is 0 Å². The number of methoxy groups -OCH3 is 1. The highest BCUT2D eigenvalue weighted by molar-refractivity contribution is 5.60. The van der Waals surface area contributed by atoms with Crippen molar-refractivity contribution in [3.63, 3.8) is 0 Å². The molecule has 1 aliphatic rings. The summed E-state index contributed by atoms with van der Waals surface area (Å²) in [5.74, 6) is 1.58. The van der Waals surface area contributed by atoms with Gasteiger partial charge in [0.05, 0.1) is 18.9 Å². The molecule has 1 aliphatic carbocycles. The monoisotopic (exact) mass is 263 g/mol. The van der Waals surface area contributed by atoms with E-state index in [0.29, 0.717) is 5.92 Å². The first-order valence-electron chi connectivity index (χ1n) is 7.17. The van der Waals surface area contributed by atoms with Gasteiger partial charge >= 0.3 is 0 Å². The van der Waals surface area contributed by atoms with Crippen LogP contribution in [0.25, 0.3) is 0 Å². The summed E-state index contributed by atoms with van der Waals surface area (Å²) in [6, 6.07) is 4.24. The maximum Gasteiger partial charge on any atom is 0.142 e. The first-order chi connectivity index (χ1) is 9.10. The number of anilines is 1. The highest BCUT2D eigenvalue weighted by atomic mass is 16.5. The van der Waals surface area contributed by atoms with E-state index < -0.39 is 0 Å². The van der Waals surface area contributed by atoms with E-state index in [2.05, 4.69) is 31.3 Å². The minimum atomic E-state index is -0.0765. The average Bonchev–Trinajstić information content (AvgIpc) is 2.41. The normalized spacial score (nSPS) is 23.2. The van der Waals surface area contributed by atoms with Gasteiger partial charge in [-0.2, -0.15) is 0 Å². The summed E-state index contributed by atoms with van der Waals surface area (Å²) >= 11 is 0. The van der Waals surface area contributed by atoms with Gasteiger partial charge in [0.1, 0.15) is 5.75 Å². The number of benzene rings is 1. The van der Waals surface area contributed by atoms with E-state index in [-0.39, 0.29) is 6.10 Å². The summed E-state index contributed by atoms with van der Waals surface area (Å²) in [5, 5.41) is 13.0. The van der Waals surface area contributed by atoms with Gasteiger partial charge in [-0.05, 0) is 68.7 Å². The molecule has 1 saturated carbocycles. The van der Waals surface area contributed by atoms with E-state index in [9.17, 15) is 5.11 Å². The first kappa shape index (κ1) is 14.2. The minimum Gasteiger partial charge on any atom is -0.495 e. The van der Waals surface area contributed by atoms with Crippen molar-refractivity contribution in [1.29, 1.82) is 0 Å². The SMILES string of the molecule is COc1cc(C)c(C)cc1NCC1CCC(O)CC1. The summed E-state index contributed by atoms with van der Waals surface area (Å²) in [6.07, 6.45) is 4.03. The summed E-state index contributed by atoms with van der Waals surface area (Å²) in [5.41, 5.74) is 3.61. The molecule has 1 aromatic carbocycles. The topological polar surface area (TPSA) is 41.5 Å².